The van der Waals surface area contributed by atoms with Crippen LogP contribution in [0.15, 0.2) is 0 Å². The lowest BCUT2D eigenvalue weighted by Crippen LogP contribution is -2.45. The summed E-state index contributed by atoms with van der Waals surface area (Å²) < 4.78 is 15.1. The van der Waals surface area contributed by atoms with E-state index >= 15 is 0 Å². The van der Waals surface area contributed by atoms with Crippen molar-refractivity contribution in [2.75, 3.05) is 27.4 Å². The number of carbonyl (C=O) groups excluding carboxylic acids is 1. The Morgan fingerprint density at radius 1 is 1.35 bits per heavy atom. The van der Waals surface area contributed by atoms with Gasteiger partial charge in [-0.05, 0) is 33.1 Å². The first kappa shape index (κ1) is 16.4. The van der Waals surface area contributed by atoms with Crippen LogP contribution in [0, 0.1) is 0 Å². The van der Waals surface area contributed by atoms with Gasteiger partial charge in [0, 0.05) is 13.7 Å². The highest BCUT2D eigenvalue weighted by Gasteiger charge is 2.28. The summed E-state index contributed by atoms with van der Waals surface area (Å²) in [5.74, 6) is -0.369. The predicted octanol–water partition coefficient (Wildman–Crippen LogP) is 1.10. The largest absolute Gasteiger partial charge is 0.468 e. The predicted molar refractivity (Wildman–Crippen MR) is 65.7 cm³/mol. The number of ether oxygens (including phenoxy) is 3. The SMILES string of the molecule is COCC(C)OCCCCC(C)(N)C(=O)OC. The lowest BCUT2D eigenvalue weighted by atomic mass is 9.96. The van der Waals surface area contributed by atoms with Crippen molar-refractivity contribution in [2.45, 2.75) is 44.8 Å². The van der Waals surface area contributed by atoms with E-state index in [0.29, 0.717) is 19.6 Å². The highest BCUT2D eigenvalue weighted by molar-refractivity contribution is 5.79. The minimum atomic E-state index is -0.896. The van der Waals surface area contributed by atoms with Gasteiger partial charge in [0.15, 0.2) is 0 Å². The van der Waals surface area contributed by atoms with Crippen molar-refractivity contribution in [1.29, 1.82) is 0 Å². The second kappa shape index (κ2) is 8.44. The first-order chi connectivity index (χ1) is 7.94. The smallest absolute Gasteiger partial charge is 0.325 e. The molecule has 102 valence electrons. The number of rotatable bonds is 9. The van der Waals surface area contributed by atoms with Crippen molar-refractivity contribution in [3.8, 4) is 0 Å². The molecule has 0 aromatic rings. The number of methoxy groups -OCH3 is 2. The van der Waals surface area contributed by atoms with E-state index in [9.17, 15) is 4.79 Å². The molecule has 0 aromatic carbocycles. The van der Waals surface area contributed by atoms with Crippen LogP contribution in [0.4, 0.5) is 0 Å². The van der Waals surface area contributed by atoms with Gasteiger partial charge in [-0.2, -0.15) is 0 Å². The van der Waals surface area contributed by atoms with Crippen molar-refractivity contribution in [3.63, 3.8) is 0 Å². The minimum Gasteiger partial charge on any atom is -0.468 e. The van der Waals surface area contributed by atoms with Gasteiger partial charge in [0.2, 0.25) is 0 Å². The lowest BCUT2D eigenvalue weighted by Gasteiger charge is -2.21. The minimum absolute atomic E-state index is 0.102. The second-order valence-electron chi connectivity index (χ2n) is 4.50. The average molecular weight is 247 g/mol. The topological polar surface area (TPSA) is 70.8 Å². The summed E-state index contributed by atoms with van der Waals surface area (Å²) in [6.45, 7) is 4.90. The van der Waals surface area contributed by atoms with Crippen LogP contribution in [-0.4, -0.2) is 45.0 Å². The molecular weight excluding hydrogens is 222 g/mol. The number of hydrogen-bond acceptors (Lipinski definition) is 5. The standard InChI is InChI=1S/C12H25NO4/c1-10(9-15-3)17-8-6-5-7-12(2,13)11(14)16-4/h10H,5-9,13H2,1-4H3. The van der Waals surface area contributed by atoms with Gasteiger partial charge in [0.25, 0.3) is 0 Å². The van der Waals surface area contributed by atoms with Gasteiger partial charge in [0.1, 0.15) is 5.54 Å². The Bertz CT molecular complexity index is 219. The van der Waals surface area contributed by atoms with E-state index in [1.165, 1.54) is 7.11 Å². The van der Waals surface area contributed by atoms with Crippen LogP contribution in [0.1, 0.15) is 33.1 Å². The molecule has 17 heavy (non-hydrogen) atoms. The Kier molecular flexibility index (Phi) is 8.12. The van der Waals surface area contributed by atoms with E-state index in [1.54, 1.807) is 14.0 Å². The summed E-state index contributed by atoms with van der Waals surface area (Å²) >= 11 is 0. The summed E-state index contributed by atoms with van der Waals surface area (Å²) in [4.78, 5) is 11.3. The summed E-state index contributed by atoms with van der Waals surface area (Å²) in [5, 5.41) is 0. The van der Waals surface area contributed by atoms with E-state index < -0.39 is 5.54 Å². The third-order valence-electron chi connectivity index (χ3n) is 2.55. The maximum Gasteiger partial charge on any atom is 0.325 e. The number of nitrogens with two attached hydrogens (primary N) is 1. The Hall–Kier alpha value is -0.650. The fraction of sp³-hybridized carbons (Fsp3) is 0.917. The van der Waals surface area contributed by atoms with Crippen LogP contribution in [0.2, 0.25) is 0 Å². The number of unbranched alkanes of at least 4 members (excludes halogenated alkanes) is 1. The van der Waals surface area contributed by atoms with Gasteiger partial charge in [-0.25, -0.2) is 0 Å². The third-order valence-corrected chi connectivity index (χ3v) is 2.55. The van der Waals surface area contributed by atoms with Gasteiger partial charge in [0.05, 0.1) is 19.8 Å². The first-order valence-electron chi connectivity index (χ1n) is 5.92. The molecule has 0 rings (SSSR count). The molecule has 0 bridgehead atoms. The summed E-state index contributed by atoms with van der Waals surface area (Å²) in [6, 6.07) is 0. The quantitative estimate of drug-likeness (QED) is 0.488. The van der Waals surface area contributed by atoms with E-state index in [-0.39, 0.29) is 12.1 Å². The maximum absolute atomic E-state index is 11.3. The van der Waals surface area contributed by atoms with Gasteiger partial charge in [-0.1, -0.05) is 0 Å². The molecule has 0 saturated heterocycles. The van der Waals surface area contributed by atoms with Crippen molar-refractivity contribution in [3.05, 3.63) is 0 Å². The fourth-order valence-corrected chi connectivity index (χ4v) is 1.50. The van der Waals surface area contributed by atoms with Crippen LogP contribution in [0.3, 0.4) is 0 Å². The molecule has 0 heterocycles. The van der Waals surface area contributed by atoms with E-state index in [4.69, 9.17) is 15.2 Å². The third kappa shape index (κ3) is 7.31. The van der Waals surface area contributed by atoms with Gasteiger partial charge in [-0.15, -0.1) is 0 Å². The normalized spacial score (nSPS) is 16.3. The summed E-state index contributed by atoms with van der Waals surface area (Å²) in [6.07, 6.45) is 2.41. The van der Waals surface area contributed by atoms with Gasteiger partial charge < -0.3 is 19.9 Å². The number of hydrogen-bond donors (Lipinski definition) is 1. The highest BCUT2D eigenvalue weighted by atomic mass is 16.5. The Labute approximate surface area is 104 Å². The molecule has 0 fully saturated rings. The summed E-state index contributed by atoms with van der Waals surface area (Å²) in [7, 11) is 3.00. The fourth-order valence-electron chi connectivity index (χ4n) is 1.50. The van der Waals surface area contributed by atoms with Crippen LogP contribution in [0.5, 0.6) is 0 Å². The zero-order valence-electron chi connectivity index (χ0n) is 11.3. The molecule has 5 heteroatoms. The van der Waals surface area contributed by atoms with Crippen molar-refractivity contribution >= 4 is 5.97 Å². The van der Waals surface area contributed by atoms with Crippen LogP contribution in [-0.2, 0) is 19.0 Å². The molecule has 0 spiro atoms. The van der Waals surface area contributed by atoms with E-state index in [2.05, 4.69) is 4.74 Å². The van der Waals surface area contributed by atoms with Crippen molar-refractivity contribution < 1.29 is 19.0 Å². The second-order valence-corrected chi connectivity index (χ2v) is 4.50. The molecule has 0 aliphatic heterocycles. The molecule has 0 aliphatic rings. The van der Waals surface area contributed by atoms with Crippen molar-refractivity contribution in [2.24, 2.45) is 5.73 Å². The van der Waals surface area contributed by atoms with Gasteiger partial charge >= 0.3 is 5.97 Å². The molecule has 0 aromatic heterocycles. The monoisotopic (exact) mass is 247 g/mol. The lowest BCUT2D eigenvalue weighted by molar-refractivity contribution is -0.146. The average Bonchev–Trinajstić information content (AvgIpc) is 2.27. The molecule has 2 atom stereocenters. The van der Waals surface area contributed by atoms with Crippen molar-refractivity contribution in [1.82, 2.24) is 0 Å². The molecule has 0 radical (unpaired) electrons. The molecule has 2 unspecified atom stereocenters. The first-order valence-corrected chi connectivity index (χ1v) is 5.92. The Morgan fingerprint density at radius 3 is 2.53 bits per heavy atom. The van der Waals surface area contributed by atoms with E-state index in [0.717, 1.165) is 12.8 Å². The van der Waals surface area contributed by atoms with Crippen LogP contribution in [0.25, 0.3) is 0 Å². The molecular formula is C12H25NO4. The van der Waals surface area contributed by atoms with Crippen LogP contribution < -0.4 is 5.73 Å². The summed E-state index contributed by atoms with van der Waals surface area (Å²) in [5.41, 5.74) is 4.93. The maximum atomic E-state index is 11.3. The Balaban J connectivity index is 3.60. The molecule has 0 amide bonds. The molecule has 0 saturated carbocycles. The van der Waals surface area contributed by atoms with Crippen LogP contribution >= 0.6 is 0 Å². The molecule has 0 aliphatic carbocycles. The van der Waals surface area contributed by atoms with Gasteiger partial charge in [-0.3, -0.25) is 4.79 Å². The molecule has 5 nitrogen and oxygen atoms in total. The zero-order valence-corrected chi connectivity index (χ0v) is 11.3. The zero-order chi connectivity index (χ0) is 13.3. The molecule has 2 N–H and O–H groups in total. The highest BCUT2D eigenvalue weighted by Crippen LogP contribution is 2.12. The number of carbonyl (C=O) groups is 1. The van der Waals surface area contributed by atoms with E-state index in [1.807, 2.05) is 6.92 Å². The Morgan fingerprint density at radius 2 is 2.00 bits per heavy atom. The number of esters is 1.